The number of carbonyl (C=O) groups excluding carboxylic acids is 2. The number of hydrogen-bond acceptors (Lipinski definition) is 7. The summed E-state index contributed by atoms with van der Waals surface area (Å²) in [5.74, 6) is 0.796. The number of piperazine rings is 1. The number of ether oxygens (including phenoxy) is 2. The summed E-state index contributed by atoms with van der Waals surface area (Å²) in [5.41, 5.74) is 0.757. The van der Waals surface area contributed by atoms with E-state index in [4.69, 9.17) is 21.1 Å². The second-order valence-electron chi connectivity index (χ2n) is 7.51. The van der Waals surface area contributed by atoms with Gasteiger partial charge in [0.25, 0.3) is 0 Å². The van der Waals surface area contributed by atoms with E-state index in [1.54, 1.807) is 19.2 Å². The van der Waals surface area contributed by atoms with E-state index >= 15 is 0 Å². The summed E-state index contributed by atoms with van der Waals surface area (Å²) in [6.07, 6.45) is 1.08. The van der Waals surface area contributed by atoms with Crippen LogP contribution in [0.5, 0.6) is 5.75 Å². The van der Waals surface area contributed by atoms with E-state index in [9.17, 15) is 9.59 Å². The van der Waals surface area contributed by atoms with Gasteiger partial charge in [-0.3, -0.25) is 14.5 Å². The Morgan fingerprint density at radius 3 is 2.66 bits per heavy atom. The predicted molar refractivity (Wildman–Crippen MR) is 124 cm³/mol. The molecular formula is C22H29ClN4O4S. The molecule has 3 rings (SSSR count). The third-order valence-electron chi connectivity index (χ3n) is 5.05. The summed E-state index contributed by atoms with van der Waals surface area (Å²) >= 11 is 7.36. The molecule has 8 nitrogen and oxygen atoms in total. The minimum Gasteiger partial charge on any atom is -0.486 e. The molecule has 1 fully saturated rings. The highest BCUT2D eigenvalue weighted by Crippen LogP contribution is 2.18. The van der Waals surface area contributed by atoms with Crippen molar-refractivity contribution in [3.63, 3.8) is 0 Å². The fourth-order valence-electron chi connectivity index (χ4n) is 3.30. The molecule has 1 aliphatic rings. The minimum atomic E-state index is 0.0108. The first-order valence-corrected chi connectivity index (χ1v) is 11.9. The van der Waals surface area contributed by atoms with Gasteiger partial charge in [0.1, 0.15) is 17.4 Å². The molecule has 1 aromatic heterocycles. The number of carbonyl (C=O) groups is 2. The molecule has 2 amide bonds. The van der Waals surface area contributed by atoms with Gasteiger partial charge in [-0.25, -0.2) is 4.98 Å². The maximum absolute atomic E-state index is 12.7. The Balaban J connectivity index is 1.36. The molecule has 1 aliphatic heterocycles. The Kier molecular flexibility index (Phi) is 9.73. The van der Waals surface area contributed by atoms with Crippen molar-refractivity contribution in [2.75, 3.05) is 53.0 Å². The Labute approximate surface area is 197 Å². The molecule has 0 aliphatic carbocycles. The van der Waals surface area contributed by atoms with Crippen LogP contribution in [0, 0.1) is 0 Å². The van der Waals surface area contributed by atoms with Crippen LogP contribution in [0.15, 0.2) is 29.6 Å². The van der Waals surface area contributed by atoms with Gasteiger partial charge in [-0.1, -0.05) is 11.6 Å². The summed E-state index contributed by atoms with van der Waals surface area (Å²) in [6.45, 7) is 4.58. The maximum Gasteiger partial charge on any atom is 0.234 e. The molecule has 0 atom stereocenters. The quantitative estimate of drug-likeness (QED) is 0.496. The van der Waals surface area contributed by atoms with Gasteiger partial charge in [0.15, 0.2) is 0 Å². The molecule has 2 aromatic rings. The maximum atomic E-state index is 12.7. The lowest BCUT2D eigenvalue weighted by atomic mass is 10.2. The number of nitrogens with zero attached hydrogens (tertiary/aromatic N) is 3. The van der Waals surface area contributed by atoms with Gasteiger partial charge in [0.2, 0.25) is 11.8 Å². The third kappa shape index (κ3) is 8.05. The summed E-state index contributed by atoms with van der Waals surface area (Å²) in [7, 11) is 1.65. The summed E-state index contributed by atoms with van der Waals surface area (Å²) in [6, 6.07) is 7.17. The number of halogens is 1. The van der Waals surface area contributed by atoms with Crippen LogP contribution in [-0.2, 0) is 27.4 Å². The molecule has 174 valence electrons. The second kappa shape index (κ2) is 12.7. The van der Waals surface area contributed by atoms with Crippen molar-refractivity contribution in [1.82, 2.24) is 20.1 Å². The highest BCUT2D eigenvalue weighted by molar-refractivity contribution is 7.09. The average molecular weight is 481 g/mol. The monoisotopic (exact) mass is 480 g/mol. The fourth-order valence-corrected chi connectivity index (χ4v) is 4.13. The third-order valence-corrected chi connectivity index (χ3v) is 6.17. The topological polar surface area (TPSA) is 84.0 Å². The van der Waals surface area contributed by atoms with E-state index in [2.05, 4.69) is 15.2 Å². The van der Waals surface area contributed by atoms with E-state index in [-0.39, 0.29) is 18.2 Å². The fraction of sp³-hybridized carbons (Fsp3) is 0.500. The molecule has 0 saturated carbocycles. The SMILES string of the molecule is COCCCNC(=O)CN1CCN(C(=O)Cc2csc(COc3ccc(Cl)cc3)n2)CC1. The molecule has 1 N–H and O–H groups in total. The molecule has 10 heteroatoms. The van der Waals surface area contributed by atoms with Crippen molar-refractivity contribution in [3.8, 4) is 5.75 Å². The van der Waals surface area contributed by atoms with E-state index < -0.39 is 0 Å². The van der Waals surface area contributed by atoms with Crippen LogP contribution in [0.3, 0.4) is 0 Å². The summed E-state index contributed by atoms with van der Waals surface area (Å²) in [5, 5.41) is 6.28. The molecular weight excluding hydrogens is 452 g/mol. The summed E-state index contributed by atoms with van der Waals surface area (Å²) in [4.78, 5) is 33.1. The molecule has 0 unspecified atom stereocenters. The van der Waals surface area contributed by atoms with E-state index in [1.807, 2.05) is 22.4 Å². The normalized spacial score (nSPS) is 14.4. The van der Waals surface area contributed by atoms with Crippen molar-refractivity contribution in [1.29, 1.82) is 0 Å². The largest absolute Gasteiger partial charge is 0.486 e. The first kappa shape index (κ1) is 24.4. The number of nitrogens with one attached hydrogen (secondary N) is 1. The van der Waals surface area contributed by atoms with Crippen molar-refractivity contribution in [3.05, 3.63) is 45.4 Å². The van der Waals surface area contributed by atoms with E-state index in [0.717, 1.165) is 22.9 Å². The molecule has 0 bridgehead atoms. The van der Waals surface area contributed by atoms with Crippen LogP contribution >= 0.6 is 22.9 Å². The Bertz CT molecular complexity index is 869. The lowest BCUT2D eigenvalue weighted by Gasteiger charge is -2.34. The number of aromatic nitrogens is 1. The van der Waals surface area contributed by atoms with Gasteiger partial charge < -0.3 is 19.7 Å². The Morgan fingerprint density at radius 1 is 1.19 bits per heavy atom. The van der Waals surface area contributed by atoms with E-state index in [0.29, 0.717) is 57.5 Å². The van der Waals surface area contributed by atoms with Crippen molar-refractivity contribution in [2.24, 2.45) is 0 Å². The van der Waals surface area contributed by atoms with Crippen LogP contribution in [0.25, 0.3) is 0 Å². The Morgan fingerprint density at radius 2 is 1.94 bits per heavy atom. The first-order valence-electron chi connectivity index (χ1n) is 10.6. The number of amides is 2. The second-order valence-corrected chi connectivity index (χ2v) is 8.88. The zero-order chi connectivity index (χ0) is 22.8. The molecule has 32 heavy (non-hydrogen) atoms. The first-order chi connectivity index (χ1) is 15.5. The standard InChI is InChI=1S/C22H29ClN4O4S/c1-30-12-2-7-24-20(28)14-26-8-10-27(11-9-26)22(29)13-18-16-32-21(25-18)15-31-19-5-3-17(23)4-6-19/h3-6,16H,2,7-15H2,1H3,(H,24,28). The van der Waals surface area contributed by atoms with Gasteiger partial charge in [0.05, 0.1) is 18.7 Å². The summed E-state index contributed by atoms with van der Waals surface area (Å²) < 4.78 is 10.7. The van der Waals surface area contributed by atoms with Crippen molar-refractivity contribution in [2.45, 2.75) is 19.4 Å². The number of rotatable bonds is 11. The van der Waals surface area contributed by atoms with Crippen LogP contribution in [-0.4, -0.2) is 79.6 Å². The van der Waals surface area contributed by atoms with Gasteiger partial charge >= 0.3 is 0 Å². The van der Waals surface area contributed by atoms with Crippen molar-refractivity contribution < 1.29 is 19.1 Å². The van der Waals surface area contributed by atoms with Gasteiger partial charge in [0, 0.05) is 56.8 Å². The molecule has 1 saturated heterocycles. The van der Waals surface area contributed by atoms with Gasteiger partial charge in [-0.15, -0.1) is 11.3 Å². The number of thiazole rings is 1. The molecule has 1 aromatic carbocycles. The lowest BCUT2D eigenvalue weighted by Crippen LogP contribution is -2.51. The van der Waals surface area contributed by atoms with Crippen LogP contribution in [0.4, 0.5) is 0 Å². The number of hydrogen-bond donors (Lipinski definition) is 1. The van der Waals surface area contributed by atoms with E-state index in [1.165, 1.54) is 11.3 Å². The highest BCUT2D eigenvalue weighted by Gasteiger charge is 2.23. The average Bonchev–Trinajstić information content (AvgIpc) is 3.24. The van der Waals surface area contributed by atoms with Gasteiger partial charge in [-0.05, 0) is 30.7 Å². The minimum absolute atomic E-state index is 0.0108. The predicted octanol–water partition coefficient (Wildman–Crippen LogP) is 2.21. The van der Waals surface area contributed by atoms with Crippen LogP contribution in [0.2, 0.25) is 5.02 Å². The van der Waals surface area contributed by atoms with Crippen LogP contribution < -0.4 is 10.1 Å². The number of benzene rings is 1. The zero-order valence-corrected chi connectivity index (χ0v) is 19.8. The highest BCUT2D eigenvalue weighted by atomic mass is 35.5. The molecule has 0 spiro atoms. The number of methoxy groups -OCH3 is 1. The van der Waals surface area contributed by atoms with Crippen molar-refractivity contribution >= 4 is 34.8 Å². The lowest BCUT2D eigenvalue weighted by molar-refractivity contribution is -0.132. The zero-order valence-electron chi connectivity index (χ0n) is 18.2. The molecule has 2 heterocycles. The molecule has 0 radical (unpaired) electrons. The van der Waals surface area contributed by atoms with Gasteiger partial charge in [-0.2, -0.15) is 0 Å². The smallest absolute Gasteiger partial charge is 0.234 e. The van der Waals surface area contributed by atoms with Crippen LogP contribution in [0.1, 0.15) is 17.1 Å². The Hall–Kier alpha value is -2.20.